The van der Waals surface area contributed by atoms with Crippen molar-refractivity contribution in [3.8, 4) is 17.0 Å². The molecular weight excluding hydrogens is 479 g/mol. The fourth-order valence-corrected chi connectivity index (χ4v) is 3.94. The maximum atomic E-state index is 13.9. The van der Waals surface area contributed by atoms with Gasteiger partial charge in [-0.2, -0.15) is 8.78 Å². The summed E-state index contributed by atoms with van der Waals surface area (Å²) in [6.45, 7) is -1.24. The molecule has 1 aromatic heterocycles. The molecule has 2 N–H and O–H groups in total. The van der Waals surface area contributed by atoms with Crippen LogP contribution in [0.4, 0.5) is 24.0 Å². The van der Waals surface area contributed by atoms with Gasteiger partial charge >= 0.3 is 6.61 Å². The first-order valence-electron chi connectivity index (χ1n) is 10.3. The van der Waals surface area contributed by atoms with E-state index in [9.17, 15) is 22.8 Å². The molecule has 35 heavy (non-hydrogen) atoms. The van der Waals surface area contributed by atoms with Gasteiger partial charge in [0.2, 0.25) is 0 Å². The van der Waals surface area contributed by atoms with Crippen molar-refractivity contribution in [1.29, 1.82) is 0 Å². The van der Waals surface area contributed by atoms with Gasteiger partial charge in [0, 0.05) is 22.2 Å². The number of anilines is 2. The normalized spacial score (nSPS) is 10.8. The highest BCUT2D eigenvalue weighted by molar-refractivity contribution is 7.14. The summed E-state index contributed by atoms with van der Waals surface area (Å²) in [5.74, 6) is -1.82. The number of hydrogen-bond acceptors (Lipinski definition) is 5. The van der Waals surface area contributed by atoms with E-state index in [-0.39, 0.29) is 22.0 Å². The van der Waals surface area contributed by atoms with Crippen molar-refractivity contribution in [3.63, 3.8) is 0 Å². The van der Waals surface area contributed by atoms with Gasteiger partial charge < -0.3 is 10.1 Å². The number of ether oxygens (including phenoxy) is 1. The molecule has 0 unspecified atom stereocenters. The van der Waals surface area contributed by atoms with Crippen molar-refractivity contribution in [2.75, 3.05) is 10.6 Å². The highest BCUT2D eigenvalue weighted by Gasteiger charge is 2.17. The lowest BCUT2D eigenvalue weighted by molar-refractivity contribution is -0.0494. The minimum absolute atomic E-state index is 0.0283. The van der Waals surface area contributed by atoms with Gasteiger partial charge in [-0.3, -0.25) is 14.9 Å². The van der Waals surface area contributed by atoms with E-state index in [0.29, 0.717) is 22.5 Å². The molecule has 6 nitrogen and oxygen atoms in total. The van der Waals surface area contributed by atoms with E-state index in [2.05, 4.69) is 20.4 Å². The lowest BCUT2D eigenvalue weighted by Crippen LogP contribution is -2.16. The van der Waals surface area contributed by atoms with Gasteiger partial charge in [-0.15, -0.1) is 11.3 Å². The van der Waals surface area contributed by atoms with Crippen LogP contribution in [0.5, 0.6) is 5.75 Å². The molecule has 2 amide bonds. The SMILES string of the molecule is Cc1ccc(C(=O)Nc2nc(-c3ccccc3OC(F)F)cs2)cc1NC(=O)c1ccccc1F. The summed E-state index contributed by atoms with van der Waals surface area (Å²) in [7, 11) is 0. The maximum absolute atomic E-state index is 13.9. The van der Waals surface area contributed by atoms with Gasteiger partial charge in [0.05, 0.1) is 11.3 Å². The number of nitrogens with one attached hydrogen (secondary N) is 2. The van der Waals surface area contributed by atoms with Crippen molar-refractivity contribution < 1.29 is 27.5 Å². The van der Waals surface area contributed by atoms with Crippen LogP contribution in [0.25, 0.3) is 11.3 Å². The number of aryl methyl sites for hydroxylation is 1. The second-order valence-electron chi connectivity index (χ2n) is 7.33. The smallest absolute Gasteiger partial charge is 0.387 e. The number of aromatic nitrogens is 1. The number of hydrogen-bond donors (Lipinski definition) is 2. The van der Waals surface area contributed by atoms with Crippen molar-refractivity contribution in [1.82, 2.24) is 4.98 Å². The number of amides is 2. The van der Waals surface area contributed by atoms with Gasteiger partial charge in [0.25, 0.3) is 11.8 Å². The Balaban J connectivity index is 1.50. The Morgan fingerprint density at radius 1 is 0.971 bits per heavy atom. The molecule has 0 spiro atoms. The third kappa shape index (κ3) is 5.67. The highest BCUT2D eigenvalue weighted by Crippen LogP contribution is 2.33. The summed E-state index contributed by atoms with van der Waals surface area (Å²) in [6, 6.07) is 16.5. The second-order valence-corrected chi connectivity index (χ2v) is 8.19. The number of para-hydroxylation sites is 1. The number of halogens is 3. The van der Waals surface area contributed by atoms with Crippen LogP contribution in [0, 0.1) is 12.7 Å². The summed E-state index contributed by atoms with van der Waals surface area (Å²) in [6.07, 6.45) is 0. The van der Waals surface area contributed by atoms with E-state index in [0.717, 1.165) is 11.3 Å². The molecule has 0 fully saturated rings. The monoisotopic (exact) mass is 497 g/mol. The first-order chi connectivity index (χ1) is 16.8. The van der Waals surface area contributed by atoms with Crippen LogP contribution >= 0.6 is 11.3 Å². The first kappa shape index (κ1) is 24.0. The van der Waals surface area contributed by atoms with E-state index in [4.69, 9.17) is 0 Å². The van der Waals surface area contributed by atoms with Gasteiger partial charge in [-0.1, -0.05) is 30.3 Å². The molecule has 4 rings (SSSR count). The number of carbonyl (C=O) groups excluding carboxylic acids is 2. The van der Waals surface area contributed by atoms with Crippen LogP contribution in [-0.2, 0) is 0 Å². The number of alkyl halides is 2. The standard InChI is InChI=1S/C25H18F3N3O3S/c1-14-10-11-15(12-19(14)29-23(33)16-6-2-4-8-18(16)26)22(32)31-25-30-20(13-35-25)17-7-3-5-9-21(17)34-24(27)28/h2-13,24H,1H3,(H,29,33)(H,30,31,32). The average Bonchev–Trinajstić information content (AvgIpc) is 3.29. The van der Waals surface area contributed by atoms with Gasteiger partial charge in [0.1, 0.15) is 11.6 Å². The molecular formula is C25H18F3N3O3S. The number of carbonyl (C=O) groups is 2. The average molecular weight is 497 g/mol. The Bertz CT molecular complexity index is 1390. The van der Waals surface area contributed by atoms with Crippen molar-refractivity contribution in [2.24, 2.45) is 0 Å². The van der Waals surface area contributed by atoms with Crippen LogP contribution < -0.4 is 15.4 Å². The highest BCUT2D eigenvalue weighted by atomic mass is 32.1. The molecule has 0 aliphatic rings. The van der Waals surface area contributed by atoms with Gasteiger partial charge in [-0.05, 0) is 48.9 Å². The summed E-state index contributed by atoms with van der Waals surface area (Å²) >= 11 is 1.11. The number of rotatable bonds is 7. The first-order valence-corrected chi connectivity index (χ1v) is 11.2. The van der Waals surface area contributed by atoms with Gasteiger partial charge in [0.15, 0.2) is 5.13 Å². The summed E-state index contributed by atoms with van der Waals surface area (Å²) in [5, 5.41) is 7.14. The third-order valence-corrected chi connectivity index (χ3v) is 5.73. The minimum atomic E-state index is -2.98. The maximum Gasteiger partial charge on any atom is 0.387 e. The van der Waals surface area contributed by atoms with E-state index >= 15 is 0 Å². The van der Waals surface area contributed by atoms with E-state index in [1.165, 1.54) is 30.3 Å². The van der Waals surface area contributed by atoms with Crippen molar-refractivity contribution >= 4 is 34.0 Å². The van der Waals surface area contributed by atoms with E-state index in [1.54, 1.807) is 48.7 Å². The second kappa shape index (κ2) is 10.4. The molecule has 1 heterocycles. The van der Waals surface area contributed by atoms with Crippen molar-refractivity contribution in [3.05, 3.63) is 94.6 Å². The Labute approximate surface area is 202 Å². The van der Waals surface area contributed by atoms with Crippen LogP contribution in [0.1, 0.15) is 26.3 Å². The molecule has 4 aromatic rings. The lowest BCUT2D eigenvalue weighted by Gasteiger charge is -2.11. The van der Waals surface area contributed by atoms with Crippen LogP contribution in [0.2, 0.25) is 0 Å². The summed E-state index contributed by atoms with van der Waals surface area (Å²) in [5.41, 5.74) is 1.87. The van der Waals surface area contributed by atoms with E-state index in [1.807, 2.05) is 0 Å². The van der Waals surface area contributed by atoms with Crippen LogP contribution in [0.3, 0.4) is 0 Å². The third-order valence-electron chi connectivity index (χ3n) is 4.97. The van der Waals surface area contributed by atoms with Crippen LogP contribution in [0.15, 0.2) is 72.1 Å². The molecule has 178 valence electrons. The fourth-order valence-electron chi connectivity index (χ4n) is 3.23. The zero-order valence-electron chi connectivity index (χ0n) is 18.2. The predicted octanol–water partition coefficient (Wildman–Crippen LogP) is 6.36. The Kier molecular flexibility index (Phi) is 7.11. The molecule has 0 aliphatic heterocycles. The summed E-state index contributed by atoms with van der Waals surface area (Å²) in [4.78, 5) is 29.6. The quantitative estimate of drug-likeness (QED) is 0.311. The largest absolute Gasteiger partial charge is 0.434 e. The molecule has 0 bridgehead atoms. The topological polar surface area (TPSA) is 80.3 Å². The number of nitrogens with zero attached hydrogens (tertiary/aromatic N) is 1. The minimum Gasteiger partial charge on any atom is -0.434 e. The van der Waals surface area contributed by atoms with Crippen molar-refractivity contribution in [2.45, 2.75) is 13.5 Å². The zero-order chi connectivity index (χ0) is 24.9. The fraction of sp³-hybridized carbons (Fsp3) is 0.0800. The Morgan fingerprint density at radius 3 is 2.49 bits per heavy atom. The molecule has 0 saturated heterocycles. The number of thiazole rings is 1. The lowest BCUT2D eigenvalue weighted by atomic mass is 10.1. The molecule has 3 aromatic carbocycles. The molecule has 10 heteroatoms. The Morgan fingerprint density at radius 2 is 1.71 bits per heavy atom. The van der Waals surface area contributed by atoms with Crippen LogP contribution in [-0.4, -0.2) is 23.4 Å². The number of benzene rings is 3. The molecule has 0 atom stereocenters. The molecule has 0 aliphatic carbocycles. The summed E-state index contributed by atoms with van der Waals surface area (Å²) < 4.78 is 43.9. The molecule has 0 radical (unpaired) electrons. The predicted molar refractivity (Wildman–Crippen MR) is 128 cm³/mol. The Hall–Kier alpha value is -4.18. The van der Waals surface area contributed by atoms with E-state index < -0.39 is 24.2 Å². The zero-order valence-corrected chi connectivity index (χ0v) is 19.0. The molecule has 0 saturated carbocycles. The van der Waals surface area contributed by atoms with Gasteiger partial charge in [-0.25, -0.2) is 9.37 Å².